The third-order valence-corrected chi connectivity index (χ3v) is 1.58. The second kappa shape index (κ2) is 3.87. The summed E-state index contributed by atoms with van der Waals surface area (Å²) in [6.45, 7) is 0.594. The Bertz CT molecular complexity index is 268. The smallest absolute Gasteiger partial charge is 0.269 e. The van der Waals surface area contributed by atoms with Crippen molar-refractivity contribution in [3.63, 3.8) is 0 Å². The maximum atomic E-state index is 10.8. The molecule has 0 aliphatic heterocycles. The fraction of sp³-hybridized carbons (Fsp3) is 0.429. The minimum absolute atomic E-state index is 0.323. The lowest BCUT2D eigenvalue weighted by molar-refractivity contribution is 0.0995. The molecule has 0 radical (unpaired) electrons. The van der Waals surface area contributed by atoms with Gasteiger partial charge in [-0.1, -0.05) is 0 Å². The lowest BCUT2D eigenvalue weighted by Crippen LogP contribution is -2.14. The average Bonchev–Trinajstić information content (AvgIpc) is 2.48. The van der Waals surface area contributed by atoms with Crippen LogP contribution in [-0.2, 0) is 6.42 Å². The van der Waals surface area contributed by atoms with Gasteiger partial charge in [-0.15, -0.1) is 0 Å². The van der Waals surface area contributed by atoms with Crippen LogP contribution >= 0.6 is 0 Å². The molecule has 0 bridgehead atoms. The van der Waals surface area contributed by atoms with Gasteiger partial charge in [0.15, 0.2) is 0 Å². The molecule has 12 heavy (non-hydrogen) atoms. The Morgan fingerprint density at radius 2 is 2.42 bits per heavy atom. The highest BCUT2D eigenvalue weighted by molar-refractivity contribution is 5.91. The van der Waals surface area contributed by atoms with Gasteiger partial charge in [-0.3, -0.25) is 4.79 Å². The predicted octanol–water partition coefficient (Wildman–Crippen LogP) is -0.600. The number of amides is 1. The molecule has 0 fully saturated rings. The number of hydrogen-bond donors (Lipinski definition) is 3. The molecule has 0 unspecified atom stereocenters. The Hall–Kier alpha value is -1.36. The molecule has 0 saturated heterocycles. The zero-order chi connectivity index (χ0) is 8.97. The number of carbonyl (C=O) groups is 1. The van der Waals surface area contributed by atoms with Crippen molar-refractivity contribution >= 4 is 5.91 Å². The minimum atomic E-state index is -0.497. The summed E-state index contributed by atoms with van der Waals surface area (Å²) in [5.74, 6) is -0.497. The molecule has 66 valence electrons. The fourth-order valence-electron chi connectivity index (χ4n) is 1.00. The van der Waals surface area contributed by atoms with Crippen molar-refractivity contribution in [2.75, 3.05) is 6.54 Å². The minimum Gasteiger partial charge on any atom is -0.364 e. The highest BCUT2D eigenvalue weighted by Gasteiger charge is 2.09. The van der Waals surface area contributed by atoms with Gasteiger partial charge < -0.3 is 16.5 Å². The van der Waals surface area contributed by atoms with Gasteiger partial charge >= 0.3 is 0 Å². The van der Waals surface area contributed by atoms with Gasteiger partial charge in [0, 0.05) is 5.69 Å². The molecule has 0 aromatic carbocycles. The van der Waals surface area contributed by atoms with Crippen molar-refractivity contribution in [2.24, 2.45) is 11.5 Å². The van der Waals surface area contributed by atoms with E-state index >= 15 is 0 Å². The van der Waals surface area contributed by atoms with Crippen LogP contribution in [0.5, 0.6) is 0 Å². The molecular weight excluding hydrogens is 156 g/mol. The van der Waals surface area contributed by atoms with Crippen LogP contribution in [0.15, 0.2) is 6.33 Å². The monoisotopic (exact) mass is 168 g/mol. The molecular formula is C7H12N4O. The largest absolute Gasteiger partial charge is 0.364 e. The van der Waals surface area contributed by atoms with Gasteiger partial charge in [-0.05, 0) is 19.4 Å². The molecule has 5 N–H and O–H groups in total. The summed E-state index contributed by atoms with van der Waals surface area (Å²) in [4.78, 5) is 17.4. The average molecular weight is 168 g/mol. The molecule has 1 aromatic heterocycles. The summed E-state index contributed by atoms with van der Waals surface area (Å²) in [5.41, 5.74) is 11.5. The van der Waals surface area contributed by atoms with E-state index in [0.717, 1.165) is 18.5 Å². The lowest BCUT2D eigenvalue weighted by Gasteiger charge is -1.96. The highest BCUT2D eigenvalue weighted by Crippen LogP contribution is 2.03. The number of aromatic amines is 1. The third-order valence-electron chi connectivity index (χ3n) is 1.58. The maximum absolute atomic E-state index is 10.8. The van der Waals surface area contributed by atoms with Gasteiger partial charge in [0.1, 0.15) is 5.69 Å². The third kappa shape index (κ3) is 1.82. The van der Waals surface area contributed by atoms with E-state index < -0.39 is 5.91 Å². The number of nitrogens with two attached hydrogens (primary N) is 2. The molecule has 1 amide bonds. The first-order chi connectivity index (χ1) is 5.75. The Balaban J connectivity index is 2.70. The molecule has 5 heteroatoms. The van der Waals surface area contributed by atoms with Gasteiger partial charge in [0.05, 0.1) is 6.33 Å². The maximum Gasteiger partial charge on any atom is 0.269 e. The van der Waals surface area contributed by atoms with E-state index in [1.807, 2.05) is 0 Å². The molecule has 0 aliphatic carbocycles. The standard InChI is InChI=1S/C7H12N4O/c8-3-1-2-5-6(7(9)12)11-4-10-5/h4H,1-3,8H2,(H2,9,12)(H,10,11). The first kappa shape index (κ1) is 8.73. The molecule has 1 rings (SSSR count). The Kier molecular flexibility index (Phi) is 2.82. The predicted molar refractivity (Wildman–Crippen MR) is 44.5 cm³/mol. The van der Waals surface area contributed by atoms with Crippen molar-refractivity contribution in [3.05, 3.63) is 17.7 Å². The van der Waals surface area contributed by atoms with Gasteiger partial charge in [0.25, 0.3) is 5.91 Å². The fourth-order valence-corrected chi connectivity index (χ4v) is 1.00. The van der Waals surface area contributed by atoms with Crippen LogP contribution in [0.1, 0.15) is 22.6 Å². The number of nitrogens with one attached hydrogen (secondary N) is 1. The van der Waals surface area contributed by atoms with E-state index in [-0.39, 0.29) is 0 Å². The zero-order valence-corrected chi connectivity index (χ0v) is 6.71. The van der Waals surface area contributed by atoms with E-state index in [4.69, 9.17) is 11.5 Å². The summed E-state index contributed by atoms with van der Waals surface area (Å²) in [6, 6.07) is 0. The molecule has 1 aromatic rings. The molecule has 0 spiro atoms. The topological polar surface area (TPSA) is 97.8 Å². The highest BCUT2D eigenvalue weighted by atomic mass is 16.1. The normalized spacial score (nSPS) is 10.1. The van der Waals surface area contributed by atoms with Crippen molar-refractivity contribution in [1.29, 1.82) is 0 Å². The summed E-state index contributed by atoms with van der Waals surface area (Å²) in [6.07, 6.45) is 3.00. The van der Waals surface area contributed by atoms with Crippen LogP contribution in [0.25, 0.3) is 0 Å². The number of aryl methyl sites for hydroxylation is 1. The quantitative estimate of drug-likeness (QED) is 0.559. The van der Waals surface area contributed by atoms with Gasteiger partial charge in [0.2, 0.25) is 0 Å². The van der Waals surface area contributed by atoms with Crippen LogP contribution in [-0.4, -0.2) is 22.4 Å². The number of hydrogen-bond acceptors (Lipinski definition) is 3. The van der Waals surface area contributed by atoms with E-state index in [1.54, 1.807) is 0 Å². The summed E-state index contributed by atoms with van der Waals surface area (Å²) in [5, 5.41) is 0. The van der Waals surface area contributed by atoms with Crippen molar-refractivity contribution in [1.82, 2.24) is 9.97 Å². The van der Waals surface area contributed by atoms with Crippen LogP contribution in [0.4, 0.5) is 0 Å². The second-order valence-electron chi connectivity index (χ2n) is 2.49. The number of nitrogens with zero attached hydrogens (tertiary/aromatic N) is 1. The van der Waals surface area contributed by atoms with E-state index in [2.05, 4.69) is 9.97 Å². The van der Waals surface area contributed by atoms with Crippen molar-refractivity contribution < 1.29 is 4.79 Å². The summed E-state index contributed by atoms with van der Waals surface area (Å²) < 4.78 is 0. The van der Waals surface area contributed by atoms with Crippen LogP contribution in [0, 0.1) is 0 Å². The SMILES string of the molecule is NCCCc1[nH]cnc1C(N)=O. The number of H-pyrrole nitrogens is 1. The second-order valence-corrected chi connectivity index (χ2v) is 2.49. The summed E-state index contributed by atoms with van der Waals surface area (Å²) in [7, 11) is 0. The zero-order valence-electron chi connectivity index (χ0n) is 6.71. The molecule has 0 aliphatic rings. The van der Waals surface area contributed by atoms with Crippen LogP contribution in [0.2, 0.25) is 0 Å². The Labute approximate surface area is 70.2 Å². The number of imidazole rings is 1. The van der Waals surface area contributed by atoms with Gasteiger partial charge in [-0.2, -0.15) is 0 Å². The summed E-state index contributed by atoms with van der Waals surface area (Å²) >= 11 is 0. The first-order valence-corrected chi connectivity index (χ1v) is 3.78. The molecule has 0 atom stereocenters. The van der Waals surface area contributed by atoms with E-state index in [1.165, 1.54) is 6.33 Å². The number of aromatic nitrogens is 2. The molecule has 1 heterocycles. The van der Waals surface area contributed by atoms with Crippen LogP contribution in [0.3, 0.4) is 0 Å². The number of carbonyl (C=O) groups excluding carboxylic acids is 1. The Morgan fingerprint density at radius 1 is 1.67 bits per heavy atom. The number of rotatable bonds is 4. The first-order valence-electron chi connectivity index (χ1n) is 3.78. The Morgan fingerprint density at radius 3 is 3.00 bits per heavy atom. The van der Waals surface area contributed by atoms with Crippen molar-refractivity contribution in [3.8, 4) is 0 Å². The number of primary amides is 1. The molecule has 5 nitrogen and oxygen atoms in total. The van der Waals surface area contributed by atoms with E-state index in [0.29, 0.717) is 12.2 Å². The molecule has 0 saturated carbocycles. The lowest BCUT2D eigenvalue weighted by atomic mass is 10.2. The van der Waals surface area contributed by atoms with Gasteiger partial charge in [-0.25, -0.2) is 4.98 Å². The van der Waals surface area contributed by atoms with E-state index in [9.17, 15) is 4.79 Å². The van der Waals surface area contributed by atoms with Crippen LogP contribution < -0.4 is 11.5 Å². The van der Waals surface area contributed by atoms with Crippen molar-refractivity contribution in [2.45, 2.75) is 12.8 Å².